The molecule has 2 fully saturated rings. The molecule has 2 rings (SSSR count). The zero-order valence-electron chi connectivity index (χ0n) is 6.58. The third-order valence-corrected chi connectivity index (χ3v) is 2.33. The lowest BCUT2D eigenvalue weighted by atomic mass is 10.1. The van der Waals surface area contributed by atoms with Crippen molar-refractivity contribution in [2.24, 2.45) is 5.92 Å². The fourth-order valence-electron chi connectivity index (χ4n) is 1.70. The molecule has 2 N–H and O–H groups in total. The number of nitriles is 1. The van der Waals surface area contributed by atoms with Crippen LogP contribution in [0.2, 0.25) is 0 Å². The van der Waals surface area contributed by atoms with E-state index in [1.165, 1.54) is 0 Å². The van der Waals surface area contributed by atoms with Gasteiger partial charge in [-0.15, -0.1) is 0 Å². The maximum atomic E-state index is 11.2. The summed E-state index contributed by atoms with van der Waals surface area (Å²) in [5.41, 5.74) is 3.03. The van der Waals surface area contributed by atoms with Gasteiger partial charge < -0.3 is 5.32 Å². The molecule has 0 aliphatic carbocycles. The van der Waals surface area contributed by atoms with Crippen molar-refractivity contribution >= 4 is 5.91 Å². The molecule has 1 amide bonds. The first kappa shape index (κ1) is 7.53. The molecule has 0 aromatic rings. The van der Waals surface area contributed by atoms with Gasteiger partial charge in [0.25, 0.3) is 0 Å². The highest BCUT2D eigenvalue weighted by molar-refractivity contribution is 5.82. The molecule has 5 nitrogen and oxygen atoms in total. The highest BCUT2D eigenvalue weighted by Gasteiger charge is 2.38. The van der Waals surface area contributed by atoms with Gasteiger partial charge >= 0.3 is 0 Å². The molecule has 2 aliphatic rings. The van der Waals surface area contributed by atoms with Gasteiger partial charge in [-0.05, 0) is 6.42 Å². The Bertz CT molecular complexity index is 246. The molecule has 2 aliphatic heterocycles. The minimum Gasteiger partial charge on any atom is -0.341 e. The summed E-state index contributed by atoms with van der Waals surface area (Å²) in [7, 11) is 0. The second kappa shape index (κ2) is 2.73. The normalized spacial score (nSPS) is 35.4. The van der Waals surface area contributed by atoms with Gasteiger partial charge in [0.2, 0.25) is 5.91 Å². The number of fused-ring (bicyclic) bond motifs is 1. The second-order valence-corrected chi connectivity index (χ2v) is 3.11. The Hall–Kier alpha value is -1.12. The van der Waals surface area contributed by atoms with E-state index in [1.807, 2.05) is 5.01 Å². The van der Waals surface area contributed by atoms with Gasteiger partial charge in [-0.3, -0.25) is 4.79 Å². The standard InChI is InChI=1S/C7H10N4O/c8-2-5-1-6-7(12)9-4-10-11(6)3-5/h5-6,10H,1,3-4H2,(H,9,12). The maximum Gasteiger partial charge on any atom is 0.239 e. The zero-order valence-corrected chi connectivity index (χ0v) is 6.58. The van der Waals surface area contributed by atoms with E-state index in [0.29, 0.717) is 19.6 Å². The van der Waals surface area contributed by atoms with Crippen LogP contribution >= 0.6 is 0 Å². The Morgan fingerprint density at radius 3 is 3.17 bits per heavy atom. The van der Waals surface area contributed by atoms with Crippen LogP contribution in [0.15, 0.2) is 0 Å². The van der Waals surface area contributed by atoms with Gasteiger partial charge in [0.15, 0.2) is 0 Å². The average molecular weight is 166 g/mol. The fraction of sp³-hybridized carbons (Fsp3) is 0.714. The summed E-state index contributed by atoms with van der Waals surface area (Å²) in [6.07, 6.45) is 0.648. The minimum absolute atomic E-state index is 0.00801. The number of nitrogens with one attached hydrogen (secondary N) is 2. The van der Waals surface area contributed by atoms with Crippen LogP contribution in [0.4, 0.5) is 0 Å². The first-order chi connectivity index (χ1) is 5.81. The first-order valence-electron chi connectivity index (χ1n) is 3.98. The molecule has 5 heteroatoms. The predicted octanol–water partition coefficient (Wildman–Crippen LogP) is -1.21. The molecule has 0 aromatic heterocycles. The van der Waals surface area contributed by atoms with E-state index in [4.69, 9.17) is 5.26 Å². The van der Waals surface area contributed by atoms with Crippen molar-refractivity contribution in [1.29, 1.82) is 5.26 Å². The molecule has 0 radical (unpaired) electrons. The van der Waals surface area contributed by atoms with Crippen LogP contribution in [-0.2, 0) is 4.79 Å². The summed E-state index contributed by atoms with van der Waals surface area (Å²) in [5, 5.41) is 13.2. The van der Waals surface area contributed by atoms with E-state index >= 15 is 0 Å². The third-order valence-electron chi connectivity index (χ3n) is 2.33. The van der Waals surface area contributed by atoms with Gasteiger partial charge in [0.1, 0.15) is 6.04 Å². The predicted molar refractivity (Wildman–Crippen MR) is 40.4 cm³/mol. The topological polar surface area (TPSA) is 68.2 Å². The summed E-state index contributed by atoms with van der Waals surface area (Å²) >= 11 is 0. The van der Waals surface area contributed by atoms with Crippen LogP contribution in [0.1, 0.15) is 6.42 Å². The van der Waals surface area contributed by atoms with E-state index < -0.39 is 0 Å². The Morgan fingerprint density at radius 1 is 1.67 bits per heavy atom. The lowest BCUT2D eigenvalue weighted by Gasteiger charge is -2.29. The van der Waals surface area contributed by atoms with Gasteiger partial charge in [-0.1, -0.05) is 0 Å². The summed E-state index contributed by atoms with van der Waals surface area (Å²) in [4.78, 5) is 11.2. The number of amides is 1. The maximum absolute atomic E-state index is 11.2. The van der Waals surface area contributed by atoms with Gasteiger partial charge in [0, 0.05) is 6.54 Å². The summed E-state index contributed by atoms with van der Waals surface area (Å²) < 4.78 is 0. The van der Waals surface area contributed by atoms with Crippen molar-refractivity contribution < 1.29 is 4.79 Å². The molecular formula is C7H10N4O. The number of hydrogen-bond acceptors (Lipinski definition) is 4. The van der Waals surface area contributed by atoms with Crippen LogP contribution in [0.3, 0.4) is 0 Å². The molecule has 2 heterocycles. The number of hydrazine groups is 1. The van der Waals surface area contributed by atoms with Crippen LogP contribution in [-0.4, -0.2) is 30.2 Å². The van der Waals surface area contributed by atoms with Gasteiger partial charge in [0.05, 0.1) is 18.7 Å². The fourth-order valence-corrected chi connectivity index (χ4v) is 1.70. The molecule has 0 bridgehead atoms. The van der Waals surface area contributed by atoms with Gasteiger partial charge in [-0.2, -0.15) is 5.26 Å². The van der Waals surface area contributed by atoms with E-state index in [1.54, 1.807) is 0 Å². The summed E-state index contributed by atoms with van der Waals surface area (Å²) in [5.74, 6) is 0.0258. The van der Waals surface area contributed by atoms with Crippen LogP contribution in [0.25, 0.3) is 0 Å². The molecule has 0 saturated carbocycles. The van der Waals surface area contributed by atoms with Crippen molar-refractivity contribution in [1.82, 2.24) is 15.8 Å². The average Bonchev–Trinajstić information content (AvgIpc) is 2.49. The Kier molecular flexibility index (Phi) is 1.71. The molecule has 12 heavy (non-hydrogen) atoms. The Morgan fingerprint density at radius 2 is 2.50 bits per heavy atom. The van der Waals surface area contributed by atoms with Crippen LogP contribution in [0, 0.1) is 17.2 Å². The van der Waals surface area contributed by atoms with Crippen LogP contribution in [0.5, 0.6) is 0 Å². The van der Waals surface area contributed by atoms with E-state index in [-0.39, 0.29) is 17.9 Å². The van der Waals surface area contributed by atoms with E-state index in [9.17, 15) is 4.79 Å². The molecule has 64 valence electrons. The summed E-state index contributed by atoms with van der Waals surface area (Å²) in [6, 6.07) is 2.04. The minimum atomic E-state index is -0.136. The quantitative estimate of drug-likeness (QED) is 0.474. The summed E-state index contributed by atoms with van der Waals surface area (Å²) in [6.45, 7) is 1.14. The molecule has 0 aromatic carbocycles. The number of hydrogen-bond donors (Lipinski definition) is 2. The number of nitrogens with zero attached hydrogens (tertiary/aromatic N) is 2. The van der Waals surface area contributed by atoms with Crippen molar-refractivity contribution in [3.05, 3.63) is 0 Å². The third kappa shape index (κ3) is 1.05. The van der Waals surface area contributed by atoms with Crippen molar-refractivity contribution in [2.75, 3.05) is 13.2 Å². The van der Waals surface area contributed by atoms with Crippen molar-refractivity contribution in [3.63, 3.8) is 0 Å². The smallest absolute Gasteiger partial charge is 0.239 e. The highest BCUT2D eigenvalue weighted by atomic mass is 16.2. The highest BCUT2D eigenvalue weighted by Crippen LogP contribution is 2.21. The largest absolute Gasteiger partial charge is 0.341 e. The van der Waals surface area contributed by atoms with Crippen molar-refractivity contribution in [3.8, 4) is 6.07 Å². The molecular weight excluding hydrogens is 156 g/mol. The number of carbonyl (C=O) groups is 1. The SMILES string of the molecule is N#CC1CC2C(=O)NCNN2C1. The lowest BCUT2D eigenvalue weighted by Crippen LogP contribution is -2.58. The molecule has 2 unspecified atom stereocenters. The zero-order chi connectivity index (χ0) is 8.55. The van der Waals surface area contributed by atoms with Gasteiger partial charge in [-0.25, -0.2) is 10.4 Å². The first-order valence-corrected chi connectivity index (χ1v) is 3.98. The number of carbonyl (C=O) groups excluding carboxylic acids is 1. The van der Waals surface area contributed by atoms with E-state index in [2.05, 4.69) is 16.8 Å². The van der Waals surface area contributed by atoms with Crippen LogP contribution < -0.4 is 10.7 Å². The van der Waals surface area contributed by atoms with Crippen molar-refractivity contribution in [2.45, 2.75) is 12.5 Å². The lowest BCUT2D eigenvalue weighted by molar-refractivity contribution is -0.130. The monoisotopic (exact) mass is 166 g/mol. The second-order valence-electron chi connectivity index (χ2n) is 3.11. The molecule has 2 atom stereocenters. The number of rotatable bonds is 0. The molecule has 0 spiro atoms. The Labute approximate surface area is 70.3 Å². The van der Waals surface area contributed by atoms with E-state index in [0.717, 1.165) is 0 Å². The Balaban J connectivity index is 2.10. The molecule has 2 saturated heterocycles.